The van der Waals surface area contributed by atoms with E-state index in [-0.39, 0.29) is 41.8 Å². The van der Waals surface area contributed by atoms with Gasteiger partial charge in [0.1, 0.15) is 5.75 Å². The lowest BCUT2D eigenvalue weighted by atomic mass is 9.85. The minimum Gasteiger partial charge on any atom is -0.490 e. The van der Waals surface area contributed by atoms with E-state index in [1.807, 2.05) is 12.1 Å². The third-order valence-electron chi connectivity index (χ3n) is 6.30. The van der Waals surface area contributed by atoms with E-state index in [9.17, 15) is 4.79 Å². The topological polar surface area (TPSA) is 74.8 Å². The van der Waals surface area contributed by atoms with Gasteiger partial charge >= 0.3 is 0 Å². The monoisotopic (exact) mass is 526 g/mol. The number of guanidine groups is 1. The molecule has 1 aromatic carbocycles. The Labute approximate surface area is 197 Å². The fourth-order valence-electron chi connectivity index (χ4n) is 4.11. The molecule has 0 bridgehead atoms. The van der Waals surface area contributed by atoms with Crippen molar-refractivity contribution in [1.29, 1.82) is 0 Å². The number of para-hydroxylation sites is 1. The average Bonchev–Trinajstić information content (AvgIpc) is 3.53. The van der Waals surface area contributed by atoms with Crippen molar-refractivity contribution in [3.05, 3.63) is 29.8 Å². The molecule has 4 rings (SSSR count). The molecule has 30 heavy (non-hydrogen) atoms. The van der Waals surface area contributed by atoms with E-state index in [0.717, 1.165) is 68.6 Å². The van der Waals surface area contributed by atoms with Gasteiger partial charge in [-0.1, -0.05) is 24.6 Å². The number of ether oxygens (including phenoxy) is 1. The molecule has 3 saturated carbocycles. The maximum atomic E-state index is 12.4. The van der Waals surface area contributed by atoms with Gasteiger partial charge in [-0.2, -0.15) is 0 Å². The Morgan fingerprint density at radius 1 is 1.03 bits per heavy atom. The number of amides is 1. The Kier molecular flexibility index (Phi) is 8.65. The first-order chi connectivity index (χ1) is 14.2. The van der Waals surface area contributed by atoms with E-state index >= 15 is 0 Å². The highest BCUT2D eigenvalue weighted by molar-refractivity contribution is 14.0. The fraction of sp³-hybridized carbons (Fsp3) is 0.652. The predicted molar refractivity (Wildman–Crippen MR) is 130 cm³/mol. The molecule has 2 atom stereocenters. The van der Waals surface area contributed by atoms with E-state index in [4.69, 9.17) is 4.74 Å². The number of benzene rings is 1. The summed E-state index contributed by atoms with van der Waals surface area (Å²) in [7, 11) is 1.80. The van der Waals surface area contributed by atoms with Gasteiger partial charge in [-0.15, -0.1) is 24.0 Å². The largest absolute Gasteiger partial charge is 0.490 e. The molecule has 0 spiro atoms. The standard InChI is InChI=1S/C23H34N4O2.HI/c1-24-23(25-15-17-6-2-3-11-21(17)29-20-9-5-10-20)27-19-8-4-7-16(14-19)22(28)26-18-12-13-18;/h2-3,6,11,16,18-20H,4-5,7-10,12-15H2,1H3,(H,26,28)(H2,24,25,27);1H. The van der Waals surface area contributed by atoms with Gasteiger partial charge in [0.05, 0.1) is 6.10 Å². The van der Waals surface area contributed by atoms with Crippen LogP contribution in [0.5, 0.6) is 5.75 Å². The smallest absolute Gasteiger partial charge is 0.223 e. The fourth-order valence-corrected chi connectivity index (χ4v) is 4.11. The number of nitrogens with one attached hydrogen (secondary N) is 3. The zero-order valence-electron chi connectivity index (χ0n) is 17.9. The Bertz CT molecular complexity index is 734. The van der Waals surface area contributed by atoms with Crippen molar-refractivity contribution in [3.63, 3.8) is 0 Å². The van der Waals surface area contributed by atoms with Crippen molar-refractivity contribution in [2.24, 2.45) is 10.9 Å². The van der Waals surface area contributed by atoms with Crippen molar-refractivity contribution in [3.8, 4) is 5.75 Å². The molecular formula is C23H35IN4O2. The van der Waals surface area contributed by atoms with Crippen LogP contribution in [0.3, 0.4) is 0 Å². The number of rotatable bonds is 7. The second kappa shape index (κ2) is 11.2. The first-order valence-corrected chi connectivity index (χ1v) is 11.2. The number of nitrogens with zero attached hydrogens (tertiary/aromatic N) is 1. The highest BCUT2D eigenvalue weighted by atomic mass is 127. The number of carbonyl (C=O) groups is 1. The van der Waals surface area contributed by atoms with E-state index < -0.39 is 0 Å². The molecule has 0 aromatic heterocycles. The van der Waals surface area contributed by atoms with Crippen LogP contribution in [0.25, 0.3) is 0 Å². The van der Waals surface area contributed by atoms with E-state index in [1.165, 1.54) is 6.42 Å². The second-order valence-corrected chi connectivity index (χ2v) is 8.69. The van der Waals surface area contributed by atoms with Gasteiger partial charge < -0.3 is 20.7 Å². The zero-order chi connectivity index (χ0) is 20.1. The van der Waals surface area contributed by atoms with Crippen molar-refractivity contribution >= 4 is 35.8 Å². The van der Waals surface area contributed by atoms with E-state index in [2.05, 4.69) is 33.1 Å². The van der Waals surface area contributed by atoms with Gasteiger partial charge in [0.15, 0.2) is 5.96 Å². The van der Waals surface area contributed by atoms with Gasteiger partial charge in [-0.25, -0.2) is 0 Å². The summed E-state index contributed by atoms with van der Waals surface area (Å²) in [5.74, 6) is 2.12. The van der Waals surface area contributed by atoms with Crippen molar-refractivity contribution < 1.29 is 9.53 Å². The Morgan fingerprint density at radius 2 is 1.80 bits per heavy atom. The summed E-state index contributed by atoms with van der Waals surface area (Å²) < 4.78 is 6.13. The molecular weight excluding hydrogens is 491 g/mol. The lowest BCUT2D eigenvalue weighted by Gasteiger charge is -2.30. The summed E-state index contributed by atoms with van der Waals surface area (Å²) >= 11 is 0. The molecule has 3 N–H and O–H groups in total. The summed E-state index contributed by atoms with van der Waals surface area (Å²) in [6.07, 6.45) is 10.3. The molecule has 3 fully saturated rings. The predicted octanol–water partition coefficient (Wildman–Crippen LogP) is 3.74. The summed E-state index contributed by atoms with van der Waals surface area (Å²) in [5.41, 5.74) is 1.15. The Hall–Kier alpha value is -1.51. The molecule has 1 amide bonds. The Morgan fingerprint density at radius 3 is 2.50 bits per heavy atom. The first-order valence-electron chi connectivity index (χ1n) is 11.2. The molecule has 7 heteroatoms. The lowest BCUT2D eigenvalue weighted by molar-refractivity contribution is -0.126. The highest BCUT2D eigenvalue weighted by Gasteiger charge is 2.31. The van der Waals surface area contributed by atoms with Crippen LogP contribution in [0, 0.1) is 5.92 Å². The highest BCUT2D eigenvalue weighted by Crippen LogP contribution is 2.28. The molecule has 3 aliphatic carbocycles. The molecule has 0 radical (unpaired) electrons. The maximum Gasteiger partial charge on any atom is 0.223 e. The van der Waals surface area contributed by atoms with Gasteiger partial charge in [0.25, 0.3) is 0 Å². The third kappa shape index (κ3) is 6.49. The van der Waals surface area contributed by atoms with Crippen LogP contribution in [-0.2, 0) is 11.3 Å². The third-order valence-corrected chi connectivity index (χ3v) is 6.30. The van der Waals surface area contributed by atoms with Crippen LogP contribution in [0.15, 0.2) is 29.3 Å². The SMILES string of the molecule is CN=C(NCc1ccccc1OC1CCC1)NC1CCCC(C(=O)NC2CC2)C1.I. The van der Waals surface area contributed by atoms with Crippen LogP contribution < -0.4 is 20.7 Å². The first kappa shape index (κ1) is 23.2. The van der Waals surface area contributed by atoms with Crippen molar-refractivity contribution in [2.75, 3.05) is 7.05 Å². The Balaban J connectivity index is 0.00000256. The molecule has 6 nitrogen and oxygen atoms in total. The molecule has 0 aliphatic heterocycles. The number of hydrogen-bond acceptors (Lipinski definition) is 3. The maximum absolute atomic E-state index is 12.4. The van der Waals surface area contributed by atoms with Gasteiger partial charge in [-0.3, -0.25) is 9.79 Å². The normalized spacial score (nSPS) is 24.2. The van der Waals surface area contributed by atoms with Crippen LogP contribution in [-0.4, -0.2) is 37.1 Å². The van der Waals surface area contributed by atoms with Crippen molar-refractivity contribution in [1.82, 2.24) is 16.0 Å². The van der Waals surface area contributed by atoms with Crippen LogP contribution >= 0.6 is 24.0 Å². The summed E-state index contributed by atoms with van der Waals surface area (Å²) in [6.45, 7) is 0.668. The number of halogens is 1. The van der Waals surface area contributed by atoms with Crippen LogP contribution in [0.4, 0.5) is 0 Å². The van der Waals surface area contributed by atoms with Crippen molar-refractivity contribution in [2.45, 2.75) is 82.5 Å². The van der Waals surface area contributed by atoms with Gasteiger partial charge in [-0.05, 0) is 57.4 Å². The summed E-state index contributed by atoms with van der Waals surface area (Å²) in [6, 6.07) is 8.95. The molecule has 2 unspecified atom stereocenters. The molecule has 0 heterocycles. The van der Waals surface area contributed by atoms with Gasteiger partial charge in [0, 0.05) is 37.2 Å². The second-order valence-electron chi connectivity index (χ2n) is 8.69. The quantitative estimate of drug-likeness (QED) is 0.288. The minimum atomic E-state index is 0. The minimum absolute atomic E-state index is 0. The van der Waals surface area contributed by atoms with E-state index in [0.29, 0.717) is 18.7 Å². The van der Waals surface area contributed by atoms with Crippen LogP contribution in [0.1, 0.15) is 63.4 Å². The lowest BCUT2D eigenvalue weighted by Crippen LogP contribution is -2.47. The summed E-state index contributed by atoms with van der Waals surface area (Å²) in [5, 5.41) is 10.1. The molecule has 1 aromatic rings. The molecule has 166 valence electrons. The van der Waals surface area contributed by atoms with E-state index in [1.54, 1.807) is 7.05 Å². The number of aliphatic imine (C=N–C) groups is 1. The molecule has 3 aliphatic rings. The number of hydrogen-bond donors (Lipinski definition) is 3. The zero-order valence-corrected chi connectivity index (χ0v) is 20.2. The van der Waals surface area contributed by atoms with Crippen LogP contribution in [0.2, 0.25) is 0 Å². The van der Waals surface area contributed by atoms with Gasteiger partial charge in [0.2, 0.25) is 5.91 Å². The summed E-state index contributed by atoms with van der Waals surface area (Å²) in [4.78, 5) is 16.8. The number of carbonyl (C=O) groups excluding carboxylic acids is 1. The average molecular weight is 526 g/mol. The molecule has 0 saturated heterocycles.